The average molecular weight is 302 g/mol. The molecule has 1 aromatic carbocycles. The van der Waals surface area contributed by atoms with Gasteiger partial charge < -0.3 is 10.0 Å². The molecule has 0 bridgehead atoms. The van der Waals surface area contributed by atoms with Crippen LogP contribution in [0.25, 0.3) is 0 Å². The number of hydrogen-bond donors (Lipinski definition) is 2. The maximum absolute atomic E-state index is 14.2. The fourth-order valence-electron chi connectivity index (χ4n) is 2.31. The summed E-state index contributed by atoms with van der Waals surface area (Å²) in [5.41, 5.74) is 0.346. The first kappa shape index (κ1) is 15.2. The number of aliphatic hydroxyl groups excluding tert-OH is 1. The Hall–Kier alpha value is -1.18. The van der Waals surface area contributed by atoms with Crippen LogP contribution in [0.3, 0.4) is 0 Å². The van der Waals surface area contributed by atoms with Crippen LogP contribution in [-0.4, -0.2) is 39.8 Å². The lowest BCUT2D eigenvalue weighted by atomic mass is 9.91. The number of sulfonamides is 1. The number of rotatable bonds is 6. The Kier molecular flexibility index (Phi) is 4.62. The molecule has 2 rings (SSSR count). The van der Waals surface area contributed by atoms with Gasteiger partial charge in [-0.1, -0.05) is 0 Å². The molecule has 0 aliphatic heterocycles. The lowest BCUT2D eigenvalue weighted by molar-refractivity contribution is 0.282. The molecule has 0 aromatic heterocycles. The largest absolute Gasteiger partial charge is 0.395 e. The maximum Gasteiger partial charge on any atom is 0.240 e. The summed E-state index contributed by atoms with van der Waals surface area (Å²) in [5.74, 6) is -0.582. The molecule has 0 radical (unpaired) electrons. The van der Waals surface area contributed by atoms with Gasteiger partial charge in [-0.15, -0.1) is 0 Å². The normalized spacial score (nSPS) is 15.9. The van der Waals surface area contributed by atoms with E-state index in [2.05, 4.69) is 4.72 Å². The van der Waals surface area contributed by atoms with Crippen LogP contribution in [0.2, 0.25) is 0 Å². The smallest absolute Gasteiger partial charge is 0.240 e. The second-order valence-corrected chi connectivity index (χ2v) is 6.71. The van der Waals surface area contributed by atoms with E-state index in [0.717, 1.165) is 25.3 Å². The topological polar surface area (TPSA) is 69.6 Å². The van der Waals surface area contributed by atoms with Crippen molar-refractivity contribution in [2.45, 2.75) is 30.2 Å². The van der Waals surface area contributed by atoms with Gasteiger partial charge in [0.15, 0.2) is 0 Å². The number of nitrogens with zero attached hydrogens (tertiary/aromatic N) is 1. The summed E-state index contributed by atoms with van der Waals surface area (Å²) in [7, 11) is -2.36. The Morgan fingerprint density at radius 3 is 2.60 bits per heavy atom. The van der Waals surface area contributed by atoms with Crippen LogP contribution in [-0.2, 0) is 10.0 Å². The molecular formula is C13H19FN2O3S. The minimum Gasteiger partial charge on any atom is -0.395 e. The standard InChI is InChI=1S/C13H19FN2O3S/c1-15-20(18,19)11-5-6-13(12(14)9-11)16(7-8-17)10-3-2-4-10/h5-6,9-10,15,17H,2-4,7-8H2,1H3. The third-order valence-corrected chi connectivity index (χ3v) is 5.08. The van der Waals surface area contributed by atoms with E-state index in [1.165, 1.54) is 19.2 Å². The highest BCUT2D eigenvalue weighted by atomic mass is 32.2. The van der Waals surface area contributed by atoms with E-state index in [0.29, 0.717) is 12.2 Å². The van der Waals surface area contributed by atoms with Crippen molar-refractivity contribution < 1.29 is 17.9 Å². The van der Waals surface area contributed by atoms with E-state index < -0.39 is 15.8 Å². The third kappa shape index (κ3) is 2.94. The van der Waals surface area contributed by atoms with Crippen molar-refractivity contribution >= 4 is 15.7 Å². The number of hydrogen-bond acceptors (Lipinski definition) is 4. The molecule has 0 amide bonds. The van der Waals surface area contributed by atoms with Crippen molar-refractivity contribution in [3.8, 4) is 0 Å². The van der Waals surface area contributed by atoms with Gasteiger partial charge in [-0.05, 0) is 44.5 Å². The molecule has 0 spiro atoms. The van der Waals surface area contributed by atoms with Crippen LogP contribution in [0.4, 0.5) is 10.1 Å². The van der Waals surface area contributed by atoms with Gasteiger partial charge in [0.1, 0.15) is 5.82 Å². The number of halogens is 1. The van der Waals surface area contributed by atoms with Crippen LogP contribution < -0.4 is 9.62 Å². The Morgan fingerprint density at radius 1 is 1.45 bits per heavy atom. The van der Waals surface area contributed by atoms with E-state index in [9.17, 15) is 12.8 Å². The van der Waals surface area contributed by atoms with E-state index in [-0.39, 0.29) is 17.5 Å². The number of aliphatic hydroxyl groups is 1. The third-order valence-electron chi connectivity index (χ3n) is 3.66. The lowest BCUT2D eigenvalue weighted by Crippen LogP contribution is -2.42. The second kappa shape index (κ2) is 6.07. The molecule has 7 heteroatoms. The predicted octanol–water partition coefficient (Wildman–Crippen LogP) is 1.08. The number of nitrogens with one attached hydrogen (secondary N) is 1. The molecule has 1 aromatic rings. The summed E-state index contributed by atoms with van der Waals surface area (Å²) in [6, 6.07) is 4.09. The highest BCUT2D eigenvalue weighted by Gasteiger charge is 2.27. The van der Waals surface area contributed by atoms with E-state index >= 15 is 0 Å². The molecule has 0 heterocycles. The second-order valence-electron chi connectivity index (χ2n) is 4.82. The fourth-order valence-corrected chi connectivity index (χ4v) is 3.05. The molecule has 1 aliphatic carbocycles. The molecule has 0 atom stereocenters. The Balaban J connectivity index is 2.32. The molecular weight excluding hydrogens is 283 g/mol. The van der Waals surface area contributed by atoms with Crippen LogP contribution in [0.5, 0.6) is 0 Å². The van der Waals surface area contributed by atoms with Crippen LogP contribution in [0.15, 0.2) is 23.1 Å². The Bertz CT molecular complexity index is 573. The van der Waals surface area contributed by atoms with Crippen molar-refractivity contribution in [3.63, 3.8) is 0 Å². The average Bonchev–Trinajstić information content (AvgIpc) is 2.36. The highest BCUT2D eigenvalue weighted by Crippen LogP contribution is 2.31. The van der Waals surface area contributed by atoms with Gasteiger partial charge in [-0.3, -0.25) is 0 Å². The van der Waals surface area contributed by atoms with Crippen LogP contribution >= 0.6 is 0 Å². The SMILES string of the molecule is CNS(=O)(=O)c1ccc(N(CCO)C2CCC2)c(F)c1. The minimum absolute atomic E-state index is 0.0630. The van der Waals surface area contributed by atoms with Crippen molar-refractivity contribution in [3.05, 3.63) is 24.0 Å². The Morgan fingerprint density at radius 2 is 2.15 bits per heavy atom. The van der Waals surface area contributed by atoms with Crippen molar-refractivity contribution in [2.24, 2.45) is 0 Å². The number of benzene rings is 1. The van der Waals surface area contributed by atoms with Crippen molar-refractivity contribution in [1.82, 2.24) is 4.72 Å². The first-order chi connectivity index (χ1) is 9.49. The predicted molar refractivity (Wildman–Crippen MR) is 74.7 cm³/mol. The molecule has 112 valence electrons. The van der Waals surface area contributed by atoms with Crippen LogP contribution in [0, 0.1) is 5.82 Å². The quantitative estimate of drug-likeness (QED) is 0.825. The van der Waals surface area contributed by atoms with Gasteiger partial charge in [-0.25, -0.2) is 17.5 Å². The molecule has 20 heavy (non-hydrogen) atoms. The van der Waals surface area contributed by atoms with E-state index in [4.69, 9.17) is 5.11 Å². The van der Waals surface area contributed by atoms with Gasteiger partial charge in [-0.2, -0.15) is 0 Å². The highest BCUT2D eigenvalue weighted by molar-refractivity contribution is 7.89. The Labute approximate surface area is 118 Å². The fraction of sp³-hybridized carbons (Fsp3) is 0.538. The van der Waals surface area contributed by atoms with Gasteiger partial charge in [0.2, 0.25) is 10.0 Å². The van der Waals surface area contributed by atoms with Gasteiger partial charge in [0, 0.05) is 12.6 Å². The number of anilines is 1. The molecule has 1 fully saturated rings. The summed E-state index contributed by atoms with van der Waals surface area (Å²) in [4.78, 5) is 1.72. The zero-order valence-electron chi connectivity index (χ0n) is 11.3. The first-order valence-corrected chi connectivity index (χ1v) is 8.08. The van der Waals surface area contributed by atoms with Gasteiger partial charge in [0.05, 0.1) is 17.2 Å². The van der Waals surface area contributed by atoms with Gasteiger partial charge >= 0.3 is 0 Å². The lowest BCUT2D eigenvalue weighted by Gasteiger charge is -2.39. The summed E-state index contributed by atoms with van der Waals surface area (Å²) in [6.07, 6.45) is 3.03. The summed E-state index contributed by atoms with van der Waals surface area (Å²) < 4.78 is 39.6. The molecule has 5 nitrogen and oxygen atoms in total. The molecule has 1 aliphatic rings. The summed E-state index contributed by atoms with van der Waals surface area (Å²) in [6.45, 7) is 0.284. The summed E-state index contributed by atoms with van der Waals surface area (Å²) >= 11 is 0. The minimum atomic E-state index is -3.65. The molecule has 1 saturated carbocycles. The zero-order chi connectivity index (χ0) is 14.8. The molecule has 2 N–H and O–H groups in total. The molecule has 0 unspecified atom stereocenters. The van der Waals surface area contributed by atoms with Crippen molar-refractivity contribution in [1.29, 1.82) is 0 Å². The maximum atomic E-state index is 14.2. The summed E-state index contributed by atoms with van der Waals surface area (Å²) in [5, 5.41) is 9.11. The first-order valence-electron chi connectivity index (χ1n) is 6.60. The van der Waals surface area contributed by atoms with E-state index in [1.807, 2.05) is 4.90 Å². The van der Waals surface area contributed by atoms with E-state index in [1.54, 1.807) is 0 Å². The molecule has 0 saturated heterocycles. The zero-order valence-corrected chi connectivity index (χ0v) is 12.2. The van der Waals surface area contributed by atoms with Gasteiger partial charge in [0.25, 0.3) is 0 Å². The van der Waals surface area contributed by atoms with Crippen LogP contribution in [0.1, 0.15) is 19.3 Å². The van der Waals surface area contributed by atoms with Crippen molar-refractivity contribution in [2.75, 3.05) is 25.1 Å². The monoisotopic (exact) mass is 302 g/mol.